The summed E-state index contributed by atoms with van der Waals surface area (Å²) in [6.45, 7) is 8.15. The standard InChI is InChI=1S/C16H24N2OS2/c1-6-12-7-11-8-13(21-15(11)20-12)14(19)17-9-16(2,3)10-18(4)5/h7-8H,6,9-10H2,1-5H3,(H,17,19). The van der Waals surface area contributed by atoms with Gasteiger partial charge in [-0.2, -0.15) is 0 Å². The molecular weight excluding hydrogens is 300 g/mol. The molecule has 1 amide bonds. The lowest BCUT2D eigenvalue weighted by Crippen LogP contribution is -2.39. The van der Waals surface area contributed by atoms with E-state index in [2.05, 4.69) is 51.1 Å². The molecule has 0 unspecified atom stereocenters. The first-order chi connectivity index (χ1) is 9.80. The lowest BCUT2D eigenvalue weighted by atomic mass is 9.93. The van der Waals surface area contributed by atoms with Crippen LogP contribution in [0.3, 0.4) is 0 Å². The zero-order valence-corrected chi connectivity index (χ0v) is 15.1. The highest BCUT2D eigenvalue weighted by Crippen LogP contribution is 2.33. The predicted octanol–water partition coefficient (Wildman–Crippen LogP) is 3.84. The summed E-state index contributed by atoms with van der Waals surface area (Å²) in [5.74, 6) is 0.0493. The smallest absolute Gasteiger partial charge is 0.261 e. The summed E-state index contributed by atoms with van der Waals surface area (Å²) in [6, 6.07) is 4.22. The van der Waals surface area contributed by atoms with Crippen LogP contribution in [-0.4, -0.2) is 38.0 Å². The molecule has 2 heterocycles. The van der Waals surface area contributed by atoms with Crippen LogP contribution in [-0.2, 0) is 6.42 Å². The second kappa shape index (κ2) is 6.46. The molecule has 2 aromatic heterocycles. The molecule has 5 heteroatoms. The second-order valence-corrected chi connectivity index (χ2v) is 8.95. The number of hydrogen-bond donors (Lipinski definition) is 1. The number of aryl methyl sites for hydroxylation is 1. The van der Waals surface area contributed by atoms with Gasteiger partial charge in [0.05, 0.1) is 8.89 Å². The molecule has 0 atom stereocenters. The average molecular weight is 325 g/mol. The van der Waals surface area contributed by atoms with E-state index in [1.807, 2.05) is 6.07 Å². The summed E-state index contributed by atoms with van der Waals surface area (Å²) in [5, 5.41) is 4.28. The summed E-state index contributed by atoms with van der Waals surface area (Å²) in [7, 11) is 4.12. The Bertz CT molecular complexity index is 594. The van der Waals surface area contributed by atoms with Gasteiger partial charge in [-0.3, -0.25) is 4.79 Å². The molecule has 0 saturated heterocycles. The van der Waals surface area contributed by atoms with Crippen molar-refractivity contribution in [1.82, 2.24) is 10.2 Å². The van der Waals surface area contributed by atoms with Crippen LogP contribution in [0.25, 0.3) is 9.40 Å². The Balaban J connectivity index is 2.00. The molecule has 2 rings (SSSR count). The highest BCUT2D eigenvalue weighted by Gasteiger charge is 2.21. The van der Waals surface area contributed by atoms with Crippen molar-refractivity contribution in [2.45, 2.75) is 27.2 Å². The minimum Gasteiger partial charge on any atom is -0.351 e. The third-order valence-corrected chi connectivity index (χ3v) is 5.84. The third-order valence-electron chi connectivity index (χ3n) is 3.31. The zero-order valence-electron chi connectivity index (χ0n) is 13.4. The molecule has 1 N–H and O–H groups in total. The van der Waals surface area contributed by atoms with Gasteiger partial charge in [0.2, 0.25) is 0 Å². The monoisotopic (exact) mass is 324 g/mol. The largest absolute Gasteiger partial charge is 0.351 e. The van der Waals surface area contributed by atoms with Gasteiger partial charge < -0.3 is 10.2 Å². The summed E-state index contributed by atoms with van der Waals surface area (Å²) in [4.78, 5) is 16.6. The SMILES string of the molecule is CCc1cc2cc(C(=O)NCC(C)(C)CN(C)C)sc2s1. The molecule has 0 radical (unpaired) electrons. The number of thiophene rings is 2. The molecule has 0 aliphatic heterocycles. The highest BCUT2D eigenvalue weighted by molar-refractivity contribution is 7.39. The Kier molecular flexibility index (Phi) is 5.07. The van der Waals surface area contributed by atoms with Crippen LogP contribution >= 0.6 is 22.7 Å². The van der Waals surface area contributed by atoms with Crippen molar-refractivity contribution in [3.05, 3.63) is 21.9 Å². The maximum Gasteiger partial charge on any atom is 0.261 e. The van der Waals surface area contributed by atoms with Gasteiger partial charge in [0, 0.05) is 23.4 Å². The van der Waals surface area contributed by atoms with Gasteiger partial charge in [0.1, 0.15) is 0 Å². The molecule has 116 valence electrons. The van der Waals surface area contributed by atoms with Crippen LogP contribution in [0, 0.1) is 5.41 Å². The second-order valence-electron chi connectivity index (χ2n) is 6.50. The maximum absolute atomic E-state index is 12.3. The Morgan fingerprint density at radius 2 is 2.00 bits per heavy atom. The Morgan fingerprint density at radius 3 is 2.57 bits per heavy atom. The predicted molar refractivity (Wildman–Crippen MR) is 93.7 cm³/mol. The van der Waals surface area contributed by atoms with Gasteiger partial charge >= 0.3 is 0 Å². The van der Waals surface area contributed by atoms with Crippen molar-refractivity contribution in [2.75, 3.05) is 27.2 Å². The number of nitrogens with zero attached hydrogens (tertiary/aromatic N) is 1. The number of amides is 1. The molecule has 0 aliphatic rings. The molecule has 3 nitrogen and oxygen atoms in total. The molecule has 0 aromatic carbocycles. The van der Waals surface area contributed by atoms with Gasteiger partial charge in [0.15, 0.2) is 0 Å². The van der Waals surface area contributed by atoms with Crippen LogP contribution in [0.1, 0.15) is 35.3 Å². The lowest BCUT2D eigenvalue weighted by molar-refractivity contribution is 0.0933. The summed E-state index contributed by atoms with van der Waals surface area (Å²) >= 11 is 3.40. The van der Waals surface area contributed by atoms with Crippen LogP contribution in [0.4, 0.5) is 0 Å². The van der Waals surface area contributed by atoms with Gasteiger partial charge in [-0.25, -0.2) is 0 Å². The van der Waals surface area contributed by atoms with Gasteiger partial charge in [-0.1, -0.05) is 20.8 Å². The molecule has 21 heavy (non-hydrogen) atoms. The number of rotatable bonds is 6. The molecule has 2 aromatic rings. The van der Waals surface area contributed by atoms with E-state index in [1.54, 1.807) is 22.7 Å². The van der Waals surface area contributed by atoms with Gasteiger partial charge in [-0.15, -0.1) is 22.7 Å². The number of hydrogen-bond acceptors (Lipinski definition) is 4. The number of nitrogens with one attached hydrogen (secondary N) is 1. The number of fused-ring (bicyclic) bond motifs is 1. The minimum atomic E-state index is 0.0493. The van der Waals surface area contributed by atoms with E-state index < -0.39 is 0 Å². The first-order valence-corrected chi connectivity index (χ1v) is 8.89. The Morgan fingerprint density at radius 1 is 1.29 bits per heavy atom. The summed E-state index contributed by atoms with van der Waals surface area (Å²) in [5.41, 5.74) is 0.0726. The molecule has 0 spiro atoms. The Labute approximate surface area is 135 Å². The summed E-state index contributed by atoms with van der Waals surface area (Å²) in [6.07, 6.45) is 1.06. The topological polar surface area (TPSA) is 32.3 Å². The van der Waals surface area contributed by atoms with Crippen molar-refractivity contribution in [3.8, 4) is 0 Å². The van der Waals surface area contributed by atoms with Crippen molar-refractivity contribution in [1.29, 1.82) is 0 Å². The number of carbonyl (C=O) groups is 1. The third kappa shape index (κ3) is 4.28. The fraction of sp³-hybridized carbons (Fsp3) is 0.562. The zero-order chi connectivity index (χ0) is 15.6. The van der Waals surface area contributed by atoms with Gasteiger partial charge in [-0.05, 0) is 38.1 Å². The van der Waals surface area contributed by atoms with E-state index in [-0.39, 0.29) is 11.3 Å². The highest BCUT2D eigenvalue weighted by atomic mass is 32.2. The number of carbonyl (C=O) groups excluding carboxylic acids is 1. The first-order valence-electron chi connectivity index (χ1n) is 7.26. The van der Waals surface area contributed by atoms with E-state index >= 15 is 0 Å². The average Bonchev–Trinajstić information content (AvgIpc) is 2.91. The minimum absolute atomic E-state index is 0.0493. The first kappa shape index (κ1) is 16.5. The van der Waals surface area contributed by atoms with E-state index in [4.69, 9.17) is 0 Å². The van der Waals surface area contributed by atoms with Crippen LogP contribution in [0.5, 0.6) is 0 Å². The molecule has 0 bridgehead atoms. The molecule has 0 fully saturated rings. The van der Waals surface area contributed by atoms with Crippen LogP contribution < -0.4 is 5.32 Å². The maximum atomic E-state index is 12.3. The normalized spacial score (nSPS) is 12.3. The van der Waals surface area contributed by atoms with E-state index in [0.717, 1.165) is 17.8 Å². The van der Waals surface area contributed by atoms with Crippen molar-refractivity contribution in [3.63, 3.8) is 0 Å². The van der Waals surface area contributed by atoms with E-state index in [0.29, 0.717) is 6.54 Å². The van der Waals surface area contributed by atoms with Crippen molar-refractivity contribution >= 4 is 38.0 Å². The van der Waals surface area contributed by atoms with Crippen molar-refractivity contribution in [2.24, 2.45) is 5.41 Å². The van der Waals surface area contributed by atoms with Gasteiger partial charge in [0.25, 0.3) is 5.91 Å². The van der Waals surface area contributed by atoms with Crippen molar-refractivity contribution < 1.29 is 4.79 Å². The van der Waals surface area contributed by atoms with E-state index in [1.165, 1.54) is 14.3 Å². The fourth-order valence-corrected chi connectivity index (χ4v) is 4.84. The fourth-order valence-electron chi connectivity index (χ4n) is 2.50. The summed E-state index contributed by atoms with van der Waals surface area (Å²) < 4.78 is 1.25. The quantitative estimate of drug-likeness (QED) is 0.875. The van der Waals surface area contributed by atoms with Crippen LogP contribution in [0.15, 0.2) is 12.1 Å². The molecule has 0 saturated carbocycles. The molecular formula is C16H24N2OS2. The Hall–Kier alpha value is -0.910. The van der Waals surface area contributed by atoms with Crippen LogP contribution in [0.2, 0.25) is 0 Å². The van der Waals surface area contributed by atoms with E-state index in [9.17, 15) is 4.79 Å². The molecule has 0 aliphatic carbocycles. The lowest BCUT2D eigenvalue weighted by Gasteiger charge is -2.28.